The Morgan fingerprint density at radius 2 is 0.938 bits per heavy atom. The first-order chi connectivity index (χ1) is 15.7. The van der Waals surface area contributed by atoms with Crippen LogP contribution in [0.3, 0.4) is 0 Å². The van der Waals surface area contributed by atoms with Crippen LogP contribution in [0, 0.1) is 0 Å². The molecule has 32 heavy (non-hydrogen) atoms. The predicted molar refractivity (Wildman–Crippen MR) is 126 cm³/mol. The van der Waals surface area contributed by atoms with Crippen molar-refractivity contribution in [3.8, 4) is 0 Å². The van der Waals surface area contributed by atoms with E-state index in [0.717, 1.165) is 39.0 Å². The molecule has 2 amide bonds. The van der Waals surface area contributed by atoms with E-state index >= 15 is 0 Å². The normalized spacial score (nSPS) is 20.5. The summed E-state index contributed by atoms with van der Waals surface area (Å²) in [5.41, 5.74) is 3.89. The fourth-order valence-electron chi connectivity index (χ4n) is 5.00. The number of benzene rings is 3. The van der Waals surface area contributed by atoms with E-state index in [2.05, 4.69) is 48.5 Å². The second-order valence-corrected chi connectivity index (χ2v) is 8.87. The minimum absolute atomic E-state index is 0.0488. The van der Waals surface area contributed by atoms with Crippen molar-refractivity contribution < 1.29 is 9.59 Å². The number of nitrogens with zero attached hydrogens (tertiary/aromatic N) is 2. The minimum atomic E-state index is 0.0488. The first kappa shape index (κ1) is 20.5. The first-order valence-electron chi connectivity index (χ1n) is 11.5. The van der Waals surface area contributed by atoms with E-state index in [0.29, 0.717) is 23.0 Å². The van der Waals surface area contributed by atoms with E-state index in [4.69, 9.17) is 0 Å². The van der Waals surface area contributed by atoms with Crippen molar-refractivity contribution >= 4 is 11.8 Å². The quantitative estimate of drug-likeness (QED) is 0.595. The Hall–Kier alpha value is -3.40. The summed E-state index contributed by atoms with van der Waals surface area (Å²) < 4.78 is 0. The van der Waals surface area contributed by atoms with Gasteiger partial charge in [-0.1, -0.05) is 60.7 Å². The summed E-state index contributed by atoms with van der Waals surface area (Å²) in [6, 6.07) is 28.0. The van der Waals surface area contributed by atoms with Crippen molar-refractivity contribution in [1.29, 1.82) is 0 Å². The highest BCUT2D eigenvalue weighted by Gasteiger charge is 2.29. The molecule has 4 heteroatoms. The number of likely N-dealkylation sites (tertiary alicyclic amines) is 2. The van der Waals surface area contributed by atoms with Gasteiger partial charge in [0.1, 0.15) is 0 Å². The summed E-state index contributed by atoms with van der Waals surface area (Å²) in [6.07, 6.45) is 1.98. The van der Waals surface area contributed by atoms with Crippen LogP contribution >= 0.6 is 0 Å². The lowest BCUT2D eigenvalue weighted by atomic mass is 9.99. The second-order valence-electron chi connectivity index (χ2n) is 8.87. The van der Waals surface area contributed by atoms with Gasteiger partial charge >= 0.3 is 0 Å². The highest BCUT2D eigenvalue weighted by Crippen LogP contribution is 2.29. The summed E-state index contributed by atoms with van der Waals surface area (Å²) in [4.78, 5) is 29.8. The number of hydrogen-bond donors (Lipinski definition) is 0. The highest BCUT2D eigenvalue weighted by atomic mass is 16.2. The molecule has 0 radical (unpaired) electrons. The molecule has 2 heterocycles. The Morgan fingerprint density at radius 3 is 1.31 bits per heavy atom. The van der Waals surface area contributed by atoms with E-state index in [9.17, 15) is 9.59 Å². The van der Waals surface area contributed by atoms with Crippen LogP contribution in [0.2, 0.25) is 0 Å². The van der Waals surface area contributed by atoms with Gasteiger partial charge in [0.2, 0.25) is 0 Å². The molecule has 2 aliphatic heterocycles. The highest BCUT2D eigenvalue weighted by molar-refractivity contribution is 5.98. The van der Waals surface area contributed by atoms with Gasteiger partial charge in [0.25, 0.3) is 11.8 Å². The van der Waals surface area contributed by atoms with Crippen molar-refractivity contribution in [2.24, 2.45) is 0 Å². The van der Waals surface area contributed by atoms with E-state index in [1.807, 2.05) is 21.9 Å². The fourth-order valence-corrected chi connectivity index (χ4v) is 5.00. The lowest BCUT2D eigenvalue weighted by Gasteiger charge is -2.18. The summed E-state index contributed by atoms with van der Waals surface area (Å²) in [7, 11) is 0. The SMILES string of the molecule is O=C(c1ccc(C(=O)N2CC[C@H](c3ccccc3)C2)cc1)N1CC[C@@H](c2ccccc2)C1. The monoisotopic (exact) mass is 424 g/mol. The molecule has 0 bridgehead atoms. The Labute approximate surface area is 189 Å². The molecule has 2 fully saturated rings. The third kappa shape index (κ3) is 4.18. The van der Waals surface area contributed by atoms with Crippen LogP contribution in [0.1, 0.15) is 56.5 Å². The van der Waals surface area contributed by atoms with Crippen LogP contribution in [-0.4, -0.2) is 47.8 Å². The van der Waals surface area contributed by atoms with Crippen LogP contribution in [0.5, 0.6) is 0 Å². The van der Waals surface area contributed by atoms with Gasteiger partial charge in [0.15, 0.2) is 0 Å². The van der Waals surface area contributed by atoms with Crippen molar-refractivity contribution in [2.45, 2.75) is 24.7 Å². The third-order valence-corrected chi connectivity index (χ3v) is 6.87. The van der Waals surface area contributed by atoms with Gasteiger partial charge in [0.05, 0.1) is 0 Å². The minimum Gasteiger partial charge on any atom is -0.338 e. The van der Waals surface area contributed by atoms with Gasteiger partial charge in [-0.2, -0.15) is 0 Å². The molecule has 3 aromatic rings. The average molecular weight is 425 g/mol. The standard InChI is InChI=1S/C28H28N2O2/c31-27(29-17-15-25(19-29)21-7-3-1-4-8-21)23-11-13-24(14-12-23)28(32)30-18-16-26(20-30)22-9-5-2-6-10-22/h1-14,25-26H,15-20H2/t25-,26+. The smallest absolute Gasteiger partial charge is 0.253 e. The Balaban J connectivity index is 1.21. The molecule has 5 rings (SSSR count). The Bertz CT molecular complexity index is 991. The molecule has 162 valence electrons. The van der Waals surface area contributed by atoms with Crippen LogP contribution in [0.25, 0.3) is 0 Å². The lowest BCUT2D eigenvalue weighted by Crippen LogP contribution is -2.29. The molecule has 4 nitrogen and oxygen atoms in total. The zero-order valence-electron chi connectivity index (χ0n) is 18.2. The molecule has 0 aliphatic carbocycles. The van der Waals surface area contributed by atoms with Gasteiger partial charge in [-0.3, -0.25) is 9.59 Å². The van der Waals surface area contributed by atoms with Crippen molar-refractivity contribution in [1.82, 2.24) is 9.80 Å². The van der Waals surface area contributed by atoms with Gasteiger partial charge in [-0.05, 0) is 48.2 Å². The predicted octanol–water partition coefficient (Wildman–Crippen LogP) is 4.95. The molecular weight excluding hydrogens is 396 g/mol. The van der Waals surface area contributed by atoms with Crippen molar-refractivity contribution in [3.05, 3.63) is 107 Å². The zero-order valence-corrected chi connectivity index (χ0v) is 18.2. The number of rotatable bonds is 4. The molecule has 3 aromatic carbocycles. The first-order valence-corrected chi connectivity index (χ1v) is 11.5. The molecule has 0 aromatic heterocycles. The van der Waals surface area contributed by atoms with Crippen LogP contribution < -0.4 is 0 Å². The van der Waals surface area contributed by atoms with E-state index < -0.39 is 0 Å². The number of carbonyl (C=O) groups is 2. The van der Waals surface area contributed by atoms with Crippen molar-refractivity contribution in [3.63, 3.8) is 0 Å². The fraction of sp³-hybridized carbons (Fsp3) is 0.286. The Morgan fingerprint density at radius 1 is 0.562 bits per heavy atom. The van der Waals surface area contributed by atoms with E-state index in [1.165, 1.54) is 11.1 Å². The van der Waals surface area contributed by atoms with Gasteiger partial charge in [0, 0.05) is 49.1 Å². The number of amides is 2. The van der Waals surface area contributed by atoms with Crippen LogP contribution in [0.15, 0.2) is 84.9 Å². The lowest BCUT2D eigenvalue weighted by molar-refractivity contribution is 0.0779. The molecule has 2 aliphatic rings. The number of hydrogen-bond acceptors (Lipinski definition) is 2. The molecular formula is C28H28N2O2. The summed E-state index contributed by atoms with van der Waals surface area (Å²) >= 11 is 0. The van der Waals surface area contributed by atoms with Crippen LogP contribution in [-0.2, 0) is 0 Å². The summed E-state index contributed by atoms with van der Waals surface area (Å²) in [5, 5.41) is 0. The van der Waals surface area contributed by atoms with Crippen LogP contribution in [0.4, 0.5) is 0 Å². The summed E-state index contributed by atoms with van der Waals surface area (Å²) in [6.45, 7) is 3.04. The maximum atomic E-state index is 13.0. The zero-order chi connectivity index (χ0) is 21.9. The molecule has 2 atom stereocenters. The average Bonchev–Trinajstić information content (AvgIpc) is 3.55. The van der Waals surface area contributed by atoms with Gasteiger partial charge in [-0.15, -0.1) is 0 Å². The second kappa shape index (κ2) is 8.99. The molecule has 0 unspecified atom stereocenters. The third-order valence-electron chi connectivity index (χ3n) is 6.87. The Kier molecular flexibility index (Phi) is 5.76. The van der Waals surface area contributed by atoms with Gasteiger partial charge in [-0.25, -0.2) is 0 Å². The van der Waals surface area contributed by atoms with E-state index in [-0.39, 0.29) is 11.8 Å². The van der Waals surface area contributed by atoms with Gasteiger partial charge < -0.3 is 9.80 Å². The number of carbonyl (C=O) groups excluding carboxylic acids is 2. The molecule has 0 N–H and O–H groups in total. The van der Waals surface area contributed by atoms with Crippen molar-refractivity contribution in [2.75, 3.05) is 26.2 Å². The topological polar surface area (TPSA) is 40.6 Å². The maximum absolute atomic E-state index is 13.0. The molecule has 0 saturated carbocycles. The molecule has 2 saturated heterocycles. The summed E-state index contributed by atoms with van der Waals surface area (Å²) in [5.74, 6) is 0.892. The largest absolute Gasteiger partial charge is 0.338 e. The maximum Gasteiger partial charge on any atom is 0.253 e. The molecule has 0 spiro atoms. The van der Waals surface area contributed by atoms with E-state index in [1.54, 1.807) is 24.3 Å².